The van der Waals surface area contributed by atoms with Gasteiger partial charge >= 0.3 is 0 Å². The highest BCUT2D eigenvalue weighted by Crippen LogP contribution is 2.32. The van der Waals surface area contributed by atoms with E-state index in [-0.39, 0.29) is 18.4 Å². The molecular formula is C21H17BrN4O2. The van der Waals surface area contributed by atoms with Crippen molar-refractivity contribution in [1.82, 2.24) is 14.9 Å². The van der Waals surface area contributed by atoms with Gasteiger partial charge in [0.1, 0.15) is 12.6 Å². The van der Waals surface area contributed by atoms with Crippen LogP contribution in [0.5, 0.6) is 0 Å². The van der Waals surface area contributed by atoms with Crippen molar-refractivity contribution in [2.24, 2.45) is 5.10 Å². The molecule has 0 spiro atoms. The molecule has 2 aromatic carbocycles. The van der Waals surface area contributed by atoms with E-state index in [2.05, 4.69) is 32.1 Å². The number of rotatable bonds is 2. The van der Waals surface area contributed by atoms with Crippen LogP contribution in [0, 0.1) is 0 Å². The standard InChI is InChI=1S/C21H17BrN4O2/c22-14-7-5-13(6-8-14)10-23-26-12-20(27)25-11-18-16(9-19(25)21(26)28)15-3-1-2-4-17(15)24-18/h1-8,10,19,24H,9,11-12H2. The number of hydrazone groups is 1. The van der Waals surface area contributed by atoms with Crippen LogP contribution in [0.3, 0.4) is 0 Å². The lowest BCUT2D eigenvalue weighted by molar-refractivity contribution is -0.157. The zero-order valence-electron chi connectivity index (χ0n) is 14.9. The van der Waals surface area contributed by atoms with Crippen molar-refractivity contribution in [2.75, 3.05) is 6.54 Å². The summed E-state index contributed by atoms with van der Waals surface area (Å²) in [4.78, 5) is 30.8. The van der Waals surface area contributed by atoms with E-state index in [9.17, 15) is 9.59 Å². The molecule has 7 heteroatoms. The van der Waals surface area contributed by atoms with Gasteiger partial charge in [-0.25, -0.2) is 5.01 Å². The summed E-state index contributed by atoms with van der Waals surface area (Å²) < 4.78 is 0.973. The van der Waals surface area contributed by atoms with Gasteiger partial charge in [0, 0.05) is 27.5 Å². The highest BCUT2D eigenvalue weighted by Gasteiger charge is 2.43. The van der Waals surface area contributed by atoms with E-state index >= 15 is 0 Å². The van der Waals surface area contributed by atoms with Crippen molar-refractivity contribution in [2.45, 2.75) is 19.0 Å². The first-order chi connectivity index (χ1) is 13.6. The molecule has 2 aliphatic rings. The fourth-order valence-corrected chi connectivity index (χ4v) is 4.21. The Bertz CT molecular complexity index is 1120. The van der Waals surface area contributed by atoms with Gasteiger partial charge in [0.05, 0.1) is 12.8 Å². The molecule has 3 aromatic rings. The lowest BCUT2D eigenvalue weighted by atomic mass is 9.94. The minimum Gasteiger partial charge on any atom is -0.357 e. The number of hydrogen-bond acceptors (Lipinski definition) is 3. The molecule has 1 aromatic heterocycles. The molecule has 5 rings (SSSR count). The number of nitrogens with zero attached hydrogens (tertiary/aromatic N) is 3. The summed E-state index contributed by atoms with van der Waals surface area (Å²) in [5.41, 5.74) is 4.05. The Labute approximate surface area is 169 Å². The van der Waals surface area contributed by atoms with Crippen LogP contribution in [-0.2, 0) is 22.6 Å². The van der Waals surface area contributed by atoms with Crippen molar-refractivity contribution in [1.29, 1.82) is 0 Å². The molecule has 0 saturated carbocycles. The minimum absolute atomic E-state index is 0.0298. The fraction of sp³-hybridized carbons (Fsp3) is 0.190. The number of aromatic amines is 1. The van der Waals surface area contributed by atoms with E-state index in [0.717, 1.165) is 32.2 Å². The molecule has 2 aliphatic heterocycles. The number of nitrogens with one attached hydrogen (secondary N) is 1. The summed E-state index contributed by atoms with van der Waals surface area (Å²) >= 11 is 3.39. The van der Waals surface area contributed by atoms with Crippen LogP contribution in [0.25, 0.3) is 10.9 Å². The predicted molar refractivity (Wildman–Crippen MR) is 110 cm³/mol. The third-order valence-corrected chi connectivity index (χ3v) is 5.89. The van der Waals surface area contributed by atoms with Gasteiger partial charge in [-0.3, -0.25) is 9.59 Å². The second-order valence-corrected chi connectivity index (χ2v) is 7.98. The first kappa shape index (κ1) is 17.2. The molecule has 6 nitrogen and oxygen atoms in total. The molecule has 1 fully saturated rings. The topological polar surface area (TPSA) is 68.8 Å². The first-order valence-electron chi connectivity index (χ1n) is 9.09. The number of halogens is 1. The van der Waals surface area contributed by atoms with Gasteiger partial charge in [-0.1, -0.05) is 46.3 Å². The molecule has 0 bridgehead atoms. The predicted octanol–water partition coefficient (Wildman–Crippen LogP) is 3.06. The molecule has 1 unspecified atom stereocenters. The van der Waals surface area contributed by atoms with Crippen LogP contribution in [0.1, 0.15) is 16.8 Å². The number of carbonyl (C=O) groups is 2. The van der Waals surface area contributed by atoms with Crippen LogP contribution >= 0.6 is 15.9 Å². The Kier molecular flexibility index (Phi) is 4.05. The average molecular weight is 437 g/mol. The molecule has 3 heterocycles. The molecule has 1 saturated heterocycles. The normalized spacial score (nSPS) is 19.4. The number of benzene rings is 2. The first-order valence-corrected chi connectivity index (χ1v) is 9.88. The summed E-state index contributed by atoms with van der Waals surface area (Å²) in [6.45, 7) is 0.404. The SMILES string of the molecule is O=C1C2Cc3c([nH]c4ccccc34)CN2C(=O)CN1N=Cc1ccc(Br)cc1. The largest absolute Gasteiger partial charge is 0.357 e. The summed E-state index contributed by atoms with van der Waals surface area (Å²) in [5, 5.41) is 6.72. The maximum absolute atomic E-state index is 13.0. The number of piperazine rings is 1. The van der Waals surface area contributed by atoms with Crippen molar-refractivity contribution >= 4 is 44.9 Å². The third-order valence-electron chi connectivity index (χ3n) is 5.37. The van der Waals surface area contributed by atoms with E-state index in [1.165, 1.54) is 5.01 Å². The number of fused-ring (bicyclic) bond motifs is 4. The molecule has 0 radical (unpaired) electrons. The van der Waals surface area contributed by atoms with E-state index < -0.39 is 6.04 Å². The number of H-pyrrole nitrogens is 1. The fourth-order valence-electron chi connectivity index (χ4n) is 3.94. The quantitative estimate of drug-likeness (QED) is 0.627. The second-order valence-electron chi connectivity index (χ2n) is 7.06. The molecule has 2 amide bonds. The molecule has 28 heavy (non-hydrogen) atoms. The van der Waals surface area contributed by atoms with Crippen LogP contribution < -0.4 is 0 Å². The van der Waals surface area contributed by atoms with Crippen LogP contribution in [0.4, 0.5) is 0 Å². The highest BCUT2D eigenvalue weighted by atomic mass is 79.9. The minimum atomic E-state index is -0.505. The number of amides is 2. The summed E-state index contributed by atoms with van der Waals surface area (Å²) in [7, 11) is 0. The summed E-state index contributed by atoms with van der Waals surface area (Å²) in [6, 6.07) is 15.2. The monoisotopic (exact) mass is 436 g/mol. The van der Waals surface area contributed by atoms with Crippen molar-refractivity contribution in [3.63, 3.8) is 0 Å². The third kappa shape index (κ3) is 2.82. The maximum atomic E-state index is 13.0. The molecule has 140 valence electrons. The Morgan fingerprint density at radius 2 is 1.86 bits per heavy atom. The molecule has 1 atom stereocenters. The number of hydrogen-bond donors (Lipinski definition) is 1. The van der Waals surface area contributed by atoms with Gasteiger partial charge in [-0.2, -0.15) is 5.10 Å². The average Bonchev–Trinajstić information content (AvgIpc) is 3.07. The number of carbonyl (C=O) groups excluding carboxylic acids is 2. The zero-order valence-corrected chi connectivity index (χ0v) is 16.5. The van der Waals surface area contributed by atoms with Gasteiger partial charge in [0.2, 0.25) is 5.91 Å². The van der Waals surface area contributed by atoms with E-state index in [0.29, 0.717) is 13.0 Å². The number of aromatic nitrogens is 1. The lowest BCUT2D eigenvalue weighted by Gasteiger charge is -2.40. The van der Waals surface area contributed by atoms with E-state index in [1.807, 2.05) is 42.5 Å². The van der Waals surface area contributed by atoms with Crippen molar-refractivity contribution < 1.29 is 9.59 Å². The Hall–Kier alpha value is -2.93. The smallest absolute Gasteiger partial charge is 0.266 e. The molecule has 0 aliphatic carbocycles. The van der Waals surface area contributed by atoms with Gasteiger partial charge in [-0.05, 0) is 29.3 Å². The van der Waals surface area contributed by atoms with Gasteiger partial charge in [-0.15, -0.1) is 0 Å². The summed E-state index contributed by atoms with van der Waals surface area (Å²) in [5.74, 6) is -0.217. The van der Waals surface area contributed by atoms with Crippen molar-refractivity contribution in [3.05, 3.63) is 69.8 Å². The highest BCUT2D eigenvalue weighted by molar-refractivity contribution is 9.10. The van der Waals surface area contributed by atoms with Crippen molar-refractivity contribution in [3.8, 4) is 0 Å². The Balaban J connectivity index is 1.44. The Morgan fingerprint density at radius 1 is 1.07 bits per heavy atom. The maximum Gasteiger partial charge on any atom is 0.266 e. The van der Waals surface area contributed by atoms with Crippen LogP contribution in [0.2, 0.25) is 0 Å². The molecule has 1 N–H and O–H groups in total. The van der Waals surface area contributed by atoms with Gasteiger partial charge in [0.25, 0.3) is 5.91 Å². The van der Waals surface area contributed by atoms with Gasteiger partial charge in [0.15, 0.2) is 0 Å². The lowest BCUT2D eigenvalue weighted by Crippen LogP contribution is -2.60. The van der Waals surface area contributed by atoms with Crippen LogP contribution in [0.15, 0.2) is 58.1 Å². The van der Waals surface area contributed by atoms with Crippen LogP contribution in [-0.4, -0.2) is 45.5 Å². The van der Waals surface area contributed by atoms with E-state index in [1.54, 1.807) is 11.1 Å². The second kappa shape index (κ2) is 6.60. The summed E-state index contributed by atoms with van der Waals surface area (Å²) in [6.07, 6.45) is 2.13. The number of para-hydroxylation sites is 1. The molecular weight excluding hydrogens is 420 g/mol. The Morgan fingerprint density at radius 3 is 2.68 bits per heavy atom. The van der Waals surface area contributed by atoms with E-state index in [4.69, 9.17) is 0 Å². The zero-order chi connectivity index (χ0) is 19.3. The van der Waals surface area contributed by atoms with Gasteiger partial charge < -0.3 is 9.88 Å².